The Morgan fingerprint density at radius 2 is 2.15 bits per heavy atom. The molecule has 20 heavy (non-hydrogen) atoms. The van der Waals surface area contributed by atoms with E-state index in [9.17, 15) is 0 Å². The molecule has 0 radical (unpaired) electrons. The highest BCUT2D eigenvalue weighted by Gasteiger charge is 2.20. The highest BCUT2D eigenvalue weighted by Crippen LogP contribution is 2.24. The Labute approximate surface area is 117 Å². The molecule has 106 valence electrons. The molecular weight excluding hydrogens is 254 g/mol. The molecule has 1 fully saturated rings. The molecule has 3 heterocycles. The molecule has 0 saturated carbocycles. The monoisotopic (exact) mass is 273 g/mol. The van der Waals surface area contributed by atoms with Gasteiger partial charge >= 0.3 is 0 Å². The largest absolute Gasteiger partial charge is 0.383 e. The molecule has 2 aromatic heterocycles. The maximum Gasteiger partial charge on any atom is 0.227 e. The smallest absolute Gasteiger partial charge is 0.227 e. The number of aromatic amines is 1. The summed E-state index contributed by atoms with van der Waals surface area (Å²) in [6, 6.07) is 2.32. The molecule has 0 amide bonds. The molecule has 0 aromatic carbocycles. The Morgan fingerprint density at radius 3 is 2.80 bits per heavy atom. The first kappa shape index (κ1) is 12.9. The fraction of sp³-hybridized carbons (Fsp3) is 0.462. The first-order chi connectivity index (χ1) is 9.75. The minimum Gasteiger partial charge on any atom is -0.383 e. The van der Waals surface area contributed by atoms with Gasteiger partial charge < -0.3 is 16.0 Å². The van der Waals surface area contributed by atoms with Gasteiger partial charge in [0.05, 0.1) is 11.3 Å². The zero-order valence-electron chi connectivity index (χ0n) is 11.5. The molecule has 0 bridgehead atoms. The van der Waals surface area contributed by atoms with Crippen LogP contribution in [0.3, 0.4) is 0 Å². The number of hydrogen-bond acceptors (Lipinski definition) is 6. The van der Waals surface area contributed by atoms with Crippen LogP contribution in [0.15, 0.2) is 18.5 Å². The number of nitrogen functional groups attached to an aromatic ring is 1. The van der Waals surface area contributed by atoms with Crippen LogP contribution in [-0.2, 0) is 0 Å². The predicted molar refractivity (Wildman–Crippen MR) is 78.3 cm³/mol. The number of aromatic nitrogens is 4. The van der Waals surface area contributed by atoms with E-state index in [1.165, 1.54) is 0 Å². The number of H-pyrrole nitrogens is 1. The van der Waals surface area contributed by atoms with Gasteiger partial charge in [-0.05, 0) is 32.0 Å². The van der Waals surface area contributed by atoms with Crippen LogP contribution in [0.1, 0.15) is 12.8 Å². The third-order valence-electron chi connectivity index (χ3n) is 3.75. The maximum atomic E-state index is 6.04. The van der Waals surface area contributed by atoms with Crippen molar-refractivity contribution in [3.05, 3.63) is 18.5 Å². The average Bonchev–Trinajstić information content (AvgIpc) is 3.01. The van der Waals surface area contributed by atoms with Gasteiger partial charge in [-0.1, -0.05) is 0 Å². The number of nitrogens with zero attached hydrogens (tertiary/aromatic N) is 4. The third kappa shape index (κ3) is 2.44. The van der Waals surface area contributed by atoms with Crippen LogP contribution in [-0.4, -0.2) is 46.3 Å². The predicted octanol–water partition coefficient (Wildman–Crippen LogP) is 0.637. The Bertz CT molecular complexity index is 560. The molecule has 4 N–H and O–H groups in total. The fourth-order valence-corrected chi connectivity index (χ4v) is 2.52. The van der Waals surface area contributed by atoms with E-state index < -0.39 is 0 Å². The zero-order valence-corrected chi connectivity index (χ0v) is 11.5. The van der Waals surface area contributed by atoms with Crippen LogP contribution < -0.4 is 16.0 Å². The number of nitrogens with two attached hydrogens (primary N) is 1. The molecule has 7 heteroatoms. The minimum atomic E-state index is 0.461. The summed E-state index contributed by atoms with van der Waals surface area (Å²) in [6.45, 7) is 2.08. The summed E-state index contributed by atoms with van der Waals surface area (Å²) in [5, 5.41) is 10.2. The lowest BCUT2D eigenvalue weighted by atomic mass is 10.1. The van der Waals surface area contributed by atoms with Crippen molar-refractivity contribution < 1.29 is 0 Å². The summed E-state index contributed by atoms with van der Waals surface area (Å²) in [7, 11) is 2.03. The molecule has 0 atom stereocenters. The van der Waals surface area contributed by atoms with Crippen molar-refractivity contribution in [2.24, 2.45) is 0 Å². The molecule has 1 saturated heterocycles. The summed E-state index contributed by atoms with van der Waals surface area (Å²) in [5.74, 6) is 1.14. The van der Waals surface area contributed by atoms with Gasteiger partial charge in [0, 0.05) is 25.5 Å². The lowest BCUT2D eigenvalue weighted by Crippen LogP contribution is -2.41. The van der Waals surface area contributed by atoms with Crippen LogP contribution in [0, 0.1) is 0 Å². The van der Waals surface area contributed by atoms with Crippen LogP contribution in [0.2, 0.25) is 0 Å². The van der Waals surface area contributed by atoms with Gasteiger partial charge in [-0.15, -0.1) is 0 Å². The van der Waals surface area contributed by atoms with Crippen molar-refractivity contribution in [3.8, 4) is 11.3 Å². The quantitative estimate of drug-likeness (QED) is 0.759. The Morgan fingerprint density at radius 1 is 1.35 bits per heavy atom. The SMILES string of the molecule is CN(c1ncc(-c2cc[nH]n2)c(N)n1)C1CCNCC1. The van der Waals surface area contributed by atoms with Gasteiger partial charge in [0.2, 0.25) is 5.95 Å². The number of hydrogen-bond donors (Lipinski definition) is 3. The zero-order chi connectivity index (χ0) is 13.9. The van der Waals surface area contributed by atoms with E-state index in [1.54, 1.807) is 12.4 Å². The fourth-order valence-electron chi connectivity index (χ4n) is 2.52. The summed E-state index contributed by atoms with van der Waals surface area (Å²) >= 11 is 0. The molecular formula is C13H19N7. The molecule has 1 aliphatic heterocycles. The standard InChI is InChI=1S/C13H19N7/c1-20(9-2-5-15-6-3-9)13-16-8-10(12(14)18-13)11-4-7-17-19-11/h4,7-9,15H,2-3,5-6H2,1H3,(H,17,19)(H2,14,16,18). The summed E-state index contributed by atoms with van der Waals surface area (Å²) in [6.07, 6.45) is 5.69. The highest BCUT2D eigenvalue weighted by atomic mass is 15.3. The van der Waals surface area contributed by atoms with Gasteiger partial charge in [-0.25, -0.2) is 4.98 Å². The van der Waals surface area contributed by atoms with E-state index in [-0.39, 0.29) is 0 Å². The number of anilines is 2. The number of nitrogens with one attached hydrogen (secondary N) is 2. The van der Waals surface area contributed by atoms with E-state index in [2.05, 4.69) is 30.4 Å². The Hall–Kier alpha value is -2.15. The topological polar surface area (TPSA) is 95.8 Å². The number of piperidine rings is 1. The molecule has 7 nitrogen and oxygen atoms in total. The maximum absolute atomic E-state index is 6.04. The van der Waals surface area contributed by atoms with E-state index in [0.717, 1.165) is 37.2 Å². The summed E-state index contributed by atoms with van der Waals surface area (Å²) in [4.78, 5) is 11.0. The van der Waals surface area contributed by atoms with Gasteiger partial charge in [-0.3, -0.25) is 5.10 Å². The lowest BCUT2D eigenvalue weighted by Gasteiger charge is -2.31. The molecule has 0 unspecified atom stereocenters. The minimum absolute atomic E-state index is 0.461. The molecule has 2 aromatic rings. The van der Waals surface area contributed by atoms with E-state index in [0.29, 0.717) is 17.8 Å². The molecule has 1 aliphatic rings. The second kappa shape index (κ2) is 5.46. The molecule has 0 spiro atoms. The van der Waals surface area contributed by atoms with Crippen LogP contribution in [0.4, 0.5) is 11.8 Å². The second-order valence-electron chi connectivity index (χ2n) is 5.02. The Kier molecular flexibility index (Phi) is 3.51. The van der Waals surface area contributed by atoms with Crippen molar-refractivity contribution in [2.45, 2.75) is 18.9 Å². The normalized spacial score (nSPS) is 16.2. The van der Waals surface area contributed by atoms with Gasteiger partial charge in [0.15, 0.2) is 0 Å². The van der Waals surface area contributed by atoms with Gasteiger partial charge in [0.1, 0.15) is 5.82 Å². The third-order valence-corrected chi connectivity index (χ3v) is 3.75. The second-order valence-corrected chi connectivity index (χ2v) is 5.02. The van der Waals surface area contributed by atoms with E-state index >= 15 is 0 Å². The van der Waals surface area contributed by atoms with Crippen LogP contribution >= 0.6 is 0 Å². The average molecular weight is 273 g/mol. The molecule has 3 rings (SSSR count). The van der Waals surface area contributed by atoms with Crippen LogP contribution in [0.25, 0.3) is 11.3 Å². The number of rotatable bonds is 3. The van der Waals surface area contributed by atoms with Crippen molar-refractivity contribution in [2.75, 3.05) is 30.8 Å². The summed E-state index contributed by atoms with van der Waals surface area (Å²) in [5.41, 5.74) is 7.56. The molecule has 0 aliphatic carbocycles. The van der Waals surface area contributed by atoms with Crippen molar-refractivity contribution >= 4 is 11.8 Å². The first-order valence-corrected chi connectivity index (χ1v) is 6.82. The van der Waals surface area contributed by atoms with Crippen molar-refractivity contribution in [3.63, 3.8) is 0 Å². The van der Waals surface area contributed by atoms with E-state index in [1.807, 2.05) is 13.1 Å². The lowest BCUT2D eigenvalue weighted by molar-refractivity contribution is 0.440. The Balaban J connectivity index is 1.82. The highest BCUT2D eigenvalue weighted by molar-refractivity contribution is 5.70. The summed E-state index contributed by atoms with van der Waals surface area (Å²) < 4.78 is 0. The van der Waals surface area contributed by atoms with Crippen molar-refractivity contribution in [1.82, 2.24) is 25.5 Å². The van der Waals surface area contributed by atoms with Gasteiger partial charge in [-0.2, -0.15) is 10.1 Å². The van der Waals surface area contributed by atoms with Gasteiger partial charge in [0.25, 0.3) is 0 Å². The van der Waals surface area contributed by atoms with Crippen molar-refractivity contribution in [1.29, 1.82) is 0 Å². The van der Waals surface area contributed by atoms with E-state index in [4.69, 9.17) is 5.73 Å². The van der Waals surface area contributed by atoms with Crippen LogP contribution in [0.5, 0.6) is 0 Å². The first-order valence-electron chi connectivity index (χ1n) is 6.82.